The lowest BCUT2D eigenvalue weighted by molar-refractivity contribution is 0.174. The van der Waals surface area contributed by atoms with Crippen LogP contribution in [0.4, 0.5) is 0 Å². The van der Waals surface area contributed by atoms with Gasteiger partial charge < -0.3 is 14.4 Å². The van der Waals surface area contributed by atoms with Gasteiger partial charge in [0, 0.05) is 25.2 Å². The highest BCUT2D eigenvalue weighted by Gasteiger charge is 2.36. The van der Waals surface area contributed by atoms with Crippen LogP contribution in [0.25, 0.3) is 0 Å². The number of fused-ring (bicyclic) bond motifs is 1. The van der Waals surface area contributed by atoms with Crippen LogP contribution in [0.5, 0.6) is 11.5 Å². The lowest BCUT2D eigenvalue weighted by Crippen LogP contribution is -2.44. The topological polar surface area (TPSA) is 59.1 Å². The minimum Gasteiger partial charge on any atom is -0.454 e. The molecule has 2 fully saturated rings. The van der Waals surface area contributed by atoms with E-state index in [0.717, 1.165) is 32.5 Å². The number of nitrogens with zero attached hydrogens (tertiary/aromatic N) is 2. The predicted octanol–water partition coefficient (Wildman–Crippen LogP) is 2.05. The maximum Gasteiger partial charge on any atom is 0.243 e. The van der Waals surface area contributed by atoms with Crippen LogP contribution >= 0.6 is 0 Å². The van der Waals surface area contributed by atoms with Gasteiger partial charge in [-0.1, -0.05) is 6.42 Å². The second-order valence-corrected chi connectivity index (χ2v) is 8.68. The number of likely N-dealkylation sites (tertiary alicyclic amines) is 1. The molecule has 3 heterocycles. The summed E-state index contributed by atoms with van der Waals surface area (Å²) in [6.07, 6.45) is 5.62. The number of piperidine rings is 1. The summed E-state index contributed by atoms with van der Waals surface area (Å²) in [7, 11) is -3.49. The summed E-state index contributed by atoms with van der Waals surface area (Å²) in [6.45, 7) is 3.79. The largest absolute Gasteiger partial charge is 0.454 e. The molecule has 3 aliphatic rings. The van der Waals surface area contributed by atoms with Gasteiger partial charge in [0.15, 0.2) is 11.5 Å². The standard InChI is InChI=1S/C17H24N2O4S/c20-24(21,15-6-7-16-17(11-15)23-13-22-16)19-10-4-5-14(19)12-18-8-2-1-3-9-18/h6-7,11,14H,1-5,8-10,12-13H2/t14-/m0/s1. The van der Waals surface area contributed by atoms with E-state index in [4.69, 9.17) is 9.47 Å². The Morgan fingerprint density at radius 1 is 1.00 bits per heavy atom. The van der Waals surface area contributed by atoms with Crippen molar-refractivity contribution in [1.82, 2.24) is 9.21 Å². The van der Waals surface area contributed by atoms with Gasteiger partial charge in [-0.2, -0.15) is 4.31 Å². The monoisotopic (exact) mass is 352 g/mol. The fraction of sp³-hybridized carbons (Fsp3) is 0.647. The average Bonchev–Trinajstić information content (AvgIpc) is 3.24. The third-order valence-corrected chi connectivity index (χ3v) is 7.14. The molecule has 1 atom stereocenters. The van der Waals surface area contributed by atoms with Gasteiger partial charge in [-0.25, -0.2) is 8.42 Å². The molecule has 1 aromatic rings. The minimum atomic E-state index is -3.49. The van der Waals surface area contributed by atoms with Gasteiger partial charge in [0.2, 0.25) is 16.8 Å². The highest BCUT2D eigenvalue weighted by molar-refractivity contribution is 7.89. The highest BCUT2D eigenvalue weighted by Crippen LogP contribution is 2.36. The van der Waals surface area contributed by atoms with Crippen molar-refractivity contribution in [3.05, 3.63) is 18.2 Å². The van der Waals surface area contributed by atoms with Gasteiger partial charge in [0.1, 0.15) is 0 Å². The number of rotatable bonds is 4. The van der Waals surface area contributed by atoms with Gasteiger partial charge in [-0.15, -0.1) is 0 Å². The number of hydrogen-bond acceptors (Lipinski definition) is 5. The molecule has 24 heavy (non-hydrogen) atoms. The molecule has 2 saturated heterocycles. The number of ether oxygens (including phenoxy) is 2. The fourth-order valence-corrected chi connectivity index (χ4v) is 5.62. The summed E-state index contributed by atoms with van der Waals surface area (Å²) in [6, 6.07) is 4.98. The van der Waals surface area contributed by atoms with Gasteiger partial charge in [0.05, 0.1) is 4.90 Å². The van der Waals surface area contributed by atoms with E-state index < -0.39 is 10.0 Å². The van der Waals surface area contributed by atoms with Gasteiger partial charge >= 0.3 is 0 Å². The Kier molecular flexibility index (Phi) is 4.40. The molecule has 3 aliphatic heterocycles. The van der Waals surface area contributed by atoms with E-state index in [1.165, 1.54) is 19.3 Å². The molecular weight excluding hydrogens is 328 g/mol. The molecule has 132 valence electrons. The average molecular weight is 352 g/mol. The molecule has 0 aromatic heterocycles. The molecule has 0 saturated carbocycles. The zero-order valence-electron chi connectivity index (χ0n) is 13.8. The van der Waals surface area contributed by atoms with Gasteiger partial charge in [0.25, 0.3) is 0 Å². The van der Waals surface area contributed by atoms with E-state index in [1.807, 2.05) is 0 Å². The Morgan fingerprint density at radius 2 is 1.79 bits per heavy atom. The molecule has 1 aromatic carbocycles. The molecule has 6 nitrogen and oxygen atoms in total. The zero-order chi connectivity index (χ0) is 16.6. The van der Waals surface area contributed by atoms with E-state index in [1.54, 1.807) is 22.5 Å². The summed E-state index contributed by atoms with van der Waals surface area (Å²) in [5.74, 6) is 1.13. The molecule has 0 radical (unpaired) electrons. The van der Waals surface area contributed by atoms with Crippen molar-refractivity contribution in [2.24, 2.45) is 0 Å². The molecule has 0 amide bonds. The third kappa shape index (κ3) is 3.00. The van der Waals surface area contributed by atoms with Crippen LogP contribution in [0, 0.1) is 0 Å². The second-order valence-electron chi connectivity index (χ2n) is 6.79. The van der Waals surface area contributed by atoms with Crippen LogP contribution in [-0.4, -0.2) is 56.6 Å². The van der Waals surface area contributed by atoms with Crippen LogP contribution in [-0.2, 0) is 10.0 Å². The summed E-state index contributed by atoms with van der Waals surface area (Å²) >= 11 is 0. The first-order valence-corrected chi connectivity index (χ1v) is 10.2. The SMILES string of the molecule is O=S(=O)(c1ccc2c(c1)OCO2)N1CCC[C@H]1CN1CCCCC1. The lowest BCUT2D eigenvalue weighted by atomic mass is 10.1. The maximum absolute atomic E-state index is 13.1. The van der Waals surface area contributed by atoms with Crippen LogP contribution in [0.15, 0.2) is 23.1 Å². The molecular formula is C17H24N2O4S. The van der Waals surface area contributed by atoms with E-state index in [-0.39, 0.29) is 12.8 Å². The quantitative estimate of drug-likeness (QED) is 0.830. The smallest absolute Gasteiger partial charge is 0.243 e. The van der Waals surface area contributed by atoms with Crippen molar-refractivity contribution in [1.29, 1.82) is 0 Å². The summed E-state index contributed by atoms with van der Waals surface area (Å²) in [5.41, 5.74) is 0. The van der Waals surface area contributed by atoms with E-state index in [2.05, 4.69) is 4.90 Å². The van der Waals surface area contributed by atoms with E-state index in [9.17, 15) is 8.42 Å². The predicted molar refractivity (Wildman–Crippen MR) is 89.8 cm³/mol. The first-order valence-electron chi connectivity index (χ1n) is 8.78. The first kappa shape index (κ1) is 16.2. The van der Waals surface area contributed by atoms with Crippen molar-refractivity contribution in [2.75, 3.05) is 33.0 Å². The Labute approximate surface area is 143 Å². The van der Waals surface area contributed by atoms with Crippen molar-refractivity contribution in [2.45, 2.75) is 43.0 Å². The lowest BCUT2D eigenvalue weighted by Gasteiger charge is -2.32. The number of hydrogen-bond donors (Lipinski definition) is 0. The summed E-state index contributed by atoms with van der Waals surface area (Å²) in [4.78, 5) is 2.72. The van der Waals surface area contributed by atoms with Crippen LogP contribution in [0.1, 0.15) is 32.1 Å². The van der Waals surface area contributed by atoms with Crippen LogP contribution in [0.3, 0.4) is 0 Å². The summed E-state index contributed by atoms with van der Waals surface area (Å²) < 4.78 is 38.5. The van der Waals surface area contributed by atoms with Crippen LogP contribution < -0.4 is 9.47 Å². The Morgan fingerprint density at radius 3 is 2.62 bits per heavy atom. The van der Waals surface area contributed by atoms with Crippen molar-refractivity contribution in [3.63, 3.8) is 0 Å². The number of benzene rings is 1. The third-order valence-electron chi connectivity index (χ3n) is 5.19. The first-order chi connectivity index (χ1) is 11.6. The molecule has 7 heteroatoms. The van der Waals surface area contributed by atoms with Crippen molar-refractivity contribution in [3.8, 4) is 11.5 Å². The summed E-state index contributed by atoms with van der Waals surface area (Å²) in [5, 5.41) is 0. The maximum atomic E-state index is 13.1. The van der Waals surface area contributed by atoms with Gasteiger partial charge in [-0.3, -0.25) is 0 Å². The Balaban J connectivity index is 1.54. The molecule has 4 rings (SSSR count). The van der Waals surface area contributed by atoms with Crippen molar-refractivity contribution >= 4 is 10.0 Å². The van der Waals surface area contributed by atoms with Crippen LogP contribution in [0.2, 0.25) is 0 Å². The molecule has 0 unspecified atom stereocenters. The Bertz CT molecular complexity index is 701. The number of sulfonamides is 1. The molecule has 0 spiro atoms. The molecule has 0 N–H and O–H groups in total. The minimum absolute atomic E-state index is 0.0820. The van der Waals surface area contributed by atoms with E-state index >= 15 is 0 Å². The molecule has 0 aliphatic carbocycles. The van der Waals surface area contributed by atoms with E-state index in [0.29, 0.717) is 22.9 Å². The second kappa shape index (κ2) is 6.54. The molecule has 0 bridgehead atoms. The normalized spacial score (nSPS) is 25.2. The highest BCUT2D eigenvalue weighted by atomic mass is 32.2. The van der Waals surface area contributed by atoms with Gasteiger partial charge in [-0.05, 0) is 50.9 Å². The zero-order valence-corrected chi connectivity index (χ0v) is 14.6. The van der Waals surface area contributed by atoms with Crippen molar-refractivity contribution < 1.29 is 17.9 Å². The fourth-order valence-electron chi connectivity index (χ4n) is 3.92. The Hall–Kier alpha value is -1.31.